The van der Waals surface area contributed by atoms with Crippen LogP contribution < -0.4 is 20.6 Å². The Morgan fingerprint density at radius 2 is 1.59 bits per heavy atom. The molecule has 2 aliphatic carbocycles. The second-order valence-corrected chi connectivity index (χ2v) is 12.9. The van der Waals surface area contributed by atoms with Crippen molar-refractivity contribution in [3.8, 4) is 17.2 Å². The SMILES string of the molecule is COc1cc(O)cc(OC)c1C1C2=CCC3C(=O)N(C(N)=O)C(=O)C3C2CC2C(=O)N(Nc3ccc(F)cc3)C(=O)C21c1ccc(Cl)cc1. The molecule has 0 aromatic heterocycles. The Hall–Kier alpha value is -5.43. The number of benzene rings is 3. The molecule has 6 atom stereocenters. The number of anilines is 1. The number of carbonyl (C=O) groups is 5. The van der Waals surface area contributed by atoms with Crippen LogP contribution in [0.1, 0.15) is 29.9 Å². The molecule has 3 aromatic rings. The van der Waals surface area contributed by atoms with E-state index in [1.54, 1.807) is 30.3 Å². The summed E-state index contributed by atoms with van der Waals surface area (Å²) in [6, 6.07) is 13.1. The molecule has 2 saturated heterocycles. The largest absolute Gasteiger partial charge is 0.508 e. The maximum absolute atomic E-state index is 15.2. The van der Waals surface area contributed by atoms with Crippen LogP contribution in [-0.2, 0) is 24.6 Å². The number of rotatable bonds is 6. The summed E-state index contributed by atoms with van der Waals surface area (Å²) < 4.78 is 25.4. The van der Waals surface area contributed by atoms with Gasteiger partial charge in [-0.2, -0.15) is 9.91 Å². The molecule has 14 heteroatoms. The predicted octanol–water partition coefficient (Wildman–Crippen LogP) is 4.27. The Morgan fingerprint density at radius 3 is 2.18 bits per heavy atom. The molecule has 3 aromatic carbocycles. The molecule has 12 nitrogen and oxygen atoms in total. The average Bonchev–Trinajstić information content (AvgIpc) is 3.46. The summed E-state index contributed by atoms with van der Waals surface area (Å²) in [4.78, 5) is 69.8. The number of nitrogens with zero attached hydrogens (tertiary/aromatic N) is 2. The molecule has 4 N–H and O–H groups in total. The van der Waals surface area contributed by atoms with Crippen molar-refractivity contribution in [3.05, 3.63) is 94.3 Å². The van der Waals surface area contributed by atoms with E-state index in [-0.39, 0.29) is 35.8 Å². The normalized spacial score (nSPS) is 27.3. The lowest BCUT2D eigenvalue weighted by atomic mass is 9.49. The fraction of sp³-hybridized carbons (Fsp3) is 0.286. The van der Waals surface area contributed by atoms with Gasteiger partial charge in [0.25, 0.3) is 11.8 Å². The number of aromatic hydroxyl groups is 1. The van der Waals surface area contributed by atoms with E-state index in [9.17, 15) is 28.7 Å². The lowest BCUT2D eigenvalue weighted by molar-refractivity contribution is -0.139. The molecule has 0 spiro atoms. The Bertz CT molecular complexity index is 1940. The molecule has 1 saturated carbocycles. The van der Waals surface area contributed by atoms with E-state index in [0.29, 0.717) is 26.6 Å². The zero-order valence-corrected chi connectivity index (χ0v) is 26.9. The standard InChI is InChI=1S/C35H30ClFN4O8/c1-48-25-13-20(42)14-26(49-2)28(25)29-21-11-12-22-27(32(45)40(30(22)43)34(38)47)23(21)15-24-31(44)41(39-19-9-7-18(37)8-10-19)33(46)35(24,29)16-3-5-17(36)6-4-16/h3-11,13-14,22-24,27,29,39,42H,12,15H2,1-2H3,(H2,38,47). The van der Waals surface area contributed by atoms with Crippen molar-refractivity contribution in [1.29, 1.82) is 0 Å². The number of urea groups is 1. The number of phenols is 1. The first-order chi connectivity index (χ1) is 23.4. The fourth-order valence-corrected chi connectivity index (χ4v) is 8.52. The van der Waals surface area contributed by atoms with Crippen LogP contribution in [0.5, 0.6) is 17.2 Å². The minimum absolute atomic E-state index is 0.0467. The fourth-order valence-electron chi connectivity index (χ4n) is 8.40. The van der Waals surface area contributed by atoms with Gasteiger partial charge in [-0.15, -0.1) is 0 Å². The molecule has 49 heavy (non-hydrogen) atoms. The third-order valence-electron chi connectivity index (χ3n) is 10.3. The number of hydrazine groups is 1. The van der Waals surface area contributed by atoms with E-state index in [1.807, 2.05) is 0 Å². The number of allylic oxidation sites excluding steroid dienone is 2. The quantitative estimate of drug-likeness (QED) is 0.253. The van der Waals surface area contributed by atoms with E-state index < -0.39 is 70.5 Å². The Labute approximate surface area is 284 Å². The van der Waals surface area contributed by atoms with Crippen LogP contribution in [0.3, 0.4) is 0 Å². The highest BCUT2D eigenvalue weighted by molar-refractivity contribution is 6.30. The molecule has 252 valence electrons. The molecule has 3 fully saturated rings. The van der Waals surface area contributed by atoms with Crippen LogP contribution >= 0.6 is 11.6 Å². The summed E-state index contributed by atoms with van der Waals surface area (Å²) in [5.74, 6) is -8.26. The molecule has 0 radical (unpaired) electrons. The molecular formula is C35H30ClFN4O8. The first-order valence-electron chi connectivity index (χ1n) is 15.4. The molecule has 2 aliphatic heterocycles. The topological polar surface area (TPSA) is 169 Å². The van der Waals surface area contributed by atoms with Crippen molar-refractivity contribution < 1.29 is 42.9 Å². The third kappa shape index (κ3) is 4.59. The number of imide groups is 4. The average molecular weight is 689 g/mol. The van der Waals surface area contributed by atoms with E-state index in [0.717, 1.165) is 5.01 Å². The van der Waals surface area contributed by atoms with Gasteiger partial charge < -0.3 is 20.3 Å². The van der Waals surface area contributed by atoms with Gasteiger partial charge in [0.1, 0.15) is 23.1 Å². The molecule has 2 heterocycles. The number of likely N-dealkylation sites (tertiary alicyclic amines) is 1. The number of hydrogen-bond donors (Lipinski definition) is 3. The lowest BCUT2D eigenvalue weighted by Crippen LogP contribution is -2.53. The van der Waals surface area contributed by atoms with Crippen molar-refractivity contribution in [2.75, 3.05) is 19.6 Å². The summed E-state index contributed by atoms with van der Waals surface area (Å²) in [5, 5.41) is 11.9. The number of ether oxygens (including phenoxy) is 2. The van der Waals surface area contributed by atoms with E-state index in [2.05, 4.69) is 5.43 Å². The van der Waals surface area contributed by atoms with Crippen LogP contribution in [0.2, 0.25) is 5.02 Å². The Morgan fingerprint density at radius 1 is 0.959 bits per heavy atom. The van der Waals surface area contributed by atoms with Gasteiger partial charge >= 0.3 is 6.03 Å². The highest BCUT2D eigenvalue weighted by atomic mass is 35.5. The van der Waals surface area contributed by atoms with Crippen molar-refractivity contribution in [2.24, 2.45) is 29.4 Å². The smallest absolute Gasteiger partial charge is 0.328 e. The molecule has 4 aliphatic rings. The number of nitrogens with two attached hydrogens (primary N) is 1. The summed E-state index contributed by atoms with van der Waals surface area (Å²) >= 11 is 6.32. The van der Waals surface area contributed by atoms with Crippen LogP contribution in [0.4, 0.5) is 14.9 Å². The van der Waals surface area contributed by atoms with Crippen molar-refractivity contribution in [3.63, 3.8) is 0 Å². The number of primary amides is 1. The number of carbonyl (C=O) groups excluding carboxylic acids is 5. The molecule has 0 bridgehead atoms. The van der Waals surface area contributed by atoms with Gasteiger partial charge in [0.15, 0.2) is 0 Å². The number of amides is 6. The minimum Gasteiger partial charge on any atom is -0.508 e. The summed E-state index contributed by atoms with van der Waals surface area (Å²) in [7, 11) is 2.76. The summed E-state index contributed by atoms with van der Waals surface area (Å²) in [5.41, 5.74) is 8.14. The number of phenolic OH excluding ortho intramolecular Hbond substituents is 1. The monoisotopic (exact) mass is 688 g/mol. The van der Waals surface area contributed by atoms with Crippen molar-refractivity contribution >= 4 is 46.9 Å². The zero-order valence-electron chi connectivity index (χ0n) is 26.2. The zero-order chi connectivity index (χ0) is 34.9. The van der Waals surface area contributed by atoms with Gasteiger partial charge in [0.05, 0.1) is 43.1 Å². The van der Waals surface area contributed by atoms with Crippen LogP contribution in [-0.4, -0.2) is 58.9 Å². The molecule has 6 unspecified atom stereocenters. The second-order valence-electron chi connectivity index (χ2n) is 12.5. The summed E-state index contributed by atoms with van der Waals surface area (Å²) in [6.07, 6.45) is 1.76. The van der Waals surface area contributed by atoms with Gasteiger partial charge in [-0.25, -0.2) is 9.18 Å². The molecule has 6 amide bonds. The van der Waals surface area contributed by atoms with E-state index >= 15 is 4.79 Å². The highest BCUT2D eigenvalue weighted by Crippen LogP contribution is 2.66. The van der Waals surface area contributed by atoms with Gasteiger partial charge in [-0.05, 0) is 60.7 Å². The Balaban J connectivity index is 1.52. The first kappa shape index (κ1) is 32.1. The van der Waals surface area contributed by atoms with Crippen LogP contribution in [0, 0.1) is 29.5 Å². The van der Waals surface area contributed by atoms with Gasteiger partial charge in [0, 0.05) is 28.6 Å². The number of hydrogen-bond acceptors (Lipinski definition) is 9. The van der Waals surface area contributed by atoms with Crippen molar-refractivity contribution in [2.45, 2.75) is 24.2 Å². The van der Waals surface area contributed by atoms with E-state index in [1.165, 1.54) is 50.6 Å². The van der Waals surface area contributed by atoms with Crippen molar-refractivity contribution in [1.82, 2.24) is 9.91 Å². The van der Waals surface area contributed by atoms with Gasteiger partial charge in [-0.1, -0.05) is 35.4 Å². The highest BCUT2D eigenvalue weighted by Gasteiger charge is 2.71. The van der Waals surface area contributed by atoms with Gasteiger partial charge in [-0.3, -0.25) is 24.6 Å². The third-order valence-corrected chi connectivity index (χ3v) is 10.5. The first-order valence-corrected chi connectivity index (χ1v) is 15.8. The van der Waals surface area contributed by atoms with Gasteiger partial charge in [0.2, 0.25) is 11.8 Å². The number of methoxy groups -OCH3 is 2. The maximum atomic E-state index is 15.2. The number of halogens is 2. The molecular weight excluding hydrogens is 659 g/mol. The second kappa shape index (κ2) is 11.6. The lowest BCUT2D eigenvalue weighted by Gasteiger charge is -2.51. The Kier molecular flexibility index (Phi) is 7.62. The number of fused-ring (bicyclic) bond motifs is 4. The number of nitrogens with one attached hydrogen (secondary N) is 1. The minimum atomic E-state index is -1.73. The summed E-state index contributed by atoms with van der Waals surface area (Å²) in [6.45, 7) is 0. The van der Waals surface area contributed by atoms with E-state index in [4.69, 9.17) is 26.8 Å². The van der Waals surface area contributed by atoms with Crippen LogP contribution in [0.15, 0.2) is 72.3 Å². The predicted molar refractivity (Wildman–Crippen MR) is 172 cm³/mol. The molecule has 7 rings (SSSR count). The maximum Gasteiger partial charge on any atom is 0.328 e. The van der Waals surface area contributed by atoms with Crippen LogP contribution in [0.25, 0.3) is 0 Å².